The Balaban J connectivity index is 0.831. The normalized spacial score (nSPS) is 27.0. The Kier molecular flexibility index (Phi) is 30.2. The third-order valence-electron chi connectivity index (χ3n) is 22.9. The molecule has 4 fully saturated rings. The van der Waals surface area contributed by atoms with E-state index in [9.17, 15) is 19.8 Å². The Morgan fingerprint density at radius 1 is 0.283 bits per heavy atom. The number of aliphatic hydroxyl groups is 2. The zero-order chi connectivity index (χ0) is 87.5. The van der Waals surface area contributed by atoms with E-state index in [1.54, 1.807) is 60.7 Å². The van der Waals surface area contributed by atoms with Crippen molar-refractivity contribution < 1.29 is 120 Å². The molecule has 20 atom stereocenters. The molecule has 0 spiro atoms. The standard InChI is InChI=1S/C100H100N2O25/c1-63(104)119-91-89(127-100-92(120-64(2)105)90(117-58-71-43-23-9-24-44-71)84(114-55-68-37-17-6-18-38-68)78(124-100)60-111-52-65-31-11-3-12-32-65)83(106)77(51-103)121-99(91)126-86-80(62-113-54-67-35-15-5-16-36-67)123-98(82(88(86)116-57-70-41-21-8-22-42-70)102-95(109)75-49-29-30-50-76(75)96(102)110)125-85-79(61-112-53-66-33-13-4-14-34-66)122-97(118-59-72-45-25-10-26-46-72)81(87(85)115-56-69-39-19-7-20-40-69)101-93(107)73-47-27-28-48-74(73)94(101)108/h3-50,77-92,97-100,103,106H,51-62H2,1-2H3/t77-,78-,79-,80-,81-,82-,83-,84-,85-,86-,87-,88-,89+,90+,91+,92+,97-,98+,99+,100-/m1/s1. The highest BCUT2D eigenvalue weighted by atomic mass is 16.8. The average Bonchev–Trinajstić information content (AvgIpc) is 1.65. The van der Waals surface area contributed by atoms with E-state index in [0.29, 0.717) is 16.7 Å². The van der Waals surface area contributed by atoms with Gasteiger partial charge < -0.3 is 90.7 Å². The Bertz CT molecular complexity index is 5160. The molecule has 0 radical (unpaired) electrons. The van der Waals surface area contributed by atoms with Gasteiger partial charge in [-0.2, -0.15) is 0 Å². The number of nitrogens with zero attached hydrogens (tertiary/aromatic N) is 2. The van der Waals surface area contributed by atoms with Crippen LogP contribution in [0.5, 0.6) is 0 Å². The summed E-state index contributed by atoms with van der Waals surface area (Å²) in [4.78, 5) is 93.3. The molecule has 127 heavy (non-hydrogen) atoms. The number of hydrogen-bond donors (Lipinski definition) is 2. The second-order valence-corrected chi connectivity index (χ2v) is 31.7. The van der Waals surface area contributed by atoms with E-state index in [1.165, 1.54) is 19.1 Å². The molecule has 27 nitrogen and oxygen atoms in total. The number of imide groups is 2. The molecule has 6 heterocycles. The zero-order valence-corrected chi connectivity index (χ0v) is 69.9. The first kappa shape index (κ1) is 89.1. The van der Waals surface area contributed by atoms with Crippen LogP contribution in [0.2, 0.25) is 0 Å². The quantitative estimate of drug-likeness (QED) is 0.0268. The number of carbonyl (C=O) groups is 6. The minimum atomic E-state index is -2.00. The summed E-state index contributed by atoms with van der Waals surface area (Å²) in [6.45, 7) is -0.107. The van der Waals surface area contributed by atoms with E-state index in [2.05, 4.69) is 0 Å². The number of amides is 4. The molecule has 27 heteroatoms. The molecule has 0 unspecified atom stereocenters. The van der Waals surface area contributed by atoms with Gasteiger partial charge in [-0.3, -0.25) is 38.6 Å². The monoisotopic (exact) mass is 1730 g/mol. The van der Waals surface area contributed by atoms with Gasteiger partial charge in [-0.05, 0) is 68.8 Å². The van der Waals surface area contributed by atoms with Crippen molar-refractivity contribution in [2.75, 3.05) is 26.4 Å². The van der Waals surface area contributed by atoms with Gasteiger partial charge in [0.25, 0.3) is 23.6 Å². The van der Waals surface area contributed by atoms with Crippen LogP contribution in [0.3, 0.4) is 0 Å². The first-order valence-electron chi connectivity index (χ1n) is 42.5. The molecular formula is C100H100N2O25. The van der Waals surface area contributed by atoms with Crippen molar-refractivity contribution in [2.45, 2.75) is 189 Å². The predicted octanol–water partition coefficient (Wildman–Crippen LogP) is 11.8. The molecule has 660 valence electrons. The fourth-order valence-corrected chi connectivity index (χ4v) is 16.9. The van der Waals surface area contributed by atoms with Crippen LogP contribution in [0, 0.1) is 0 Å². The fourth-order valence-electron chi connectivity index (χ4n) is 16.9. The molecule has 2 N–H and O–H groups in total. The molecule has 4 saturated heterocycles. The van der Waals surface area contributed by atoms with Crippen LogP contribution in [0.4, 0.5) is 0 Å². The molecule has 10 aromatic carbocycles. The van der Waals surface area contributed by atoms with Gasteiger partial charge in [0, 0.05) is 13.8 Å². The number of aliphatic hydroxyl groups excluding tert-OH is 2. The van der Waals surface area contributed by atoms with Crippen LogP contribution < -0.4 is 0 Å². The van der Waals surface area contributed by atoms with Crippen LogP contribution in [-0.2, 0) is 143 Å². The summed E-state index contributed by atoms with van der Waals surface area (Å²) in [6.07, 6.45) is -29.2. The minimum Gasteiger partial charge on any atom is -0.454 e. The highest BCUT2D eigenvalue weighted by Gasteiger charge is 2.63. The molecule has 6 aliphatic heterocycles. The third kappa shape index (κ3) is 21.6. The lowest BCUT2D eigenvalue weighted by molar-refractivity contribution is -0.388. The van der Waals surface area contributed by atoms with E-state index in [1.807, 2.05) is 218 Å². The molecule has 0 aromatic heterocycles. The van der Waals surface area contributed by atoms with E-state index in [-0.39, 0.29) is 88.3 Å². The SMILES string of the molecule is CC(=O)O[C@@H]1[C@@H](O[C@H]2[C@H](O)[C@@H](CO)O[C@@H](O[C@H]3[C@H](OCc4ccccc4)[C@@H](N4C(=O)c5ccccc5C4=O)[C@H](O[C@H]4[C@H](OCc5ccccc5)[C@@H](N5C(=O)c6ccccc6C5=O)[C@H](OCc5ccccc5)O[C@@H]4COCc4ccccc4)O[C@@H]3COCc3ccccc3)[C@H]2OC(C)=O)O[C@H](COCc2ccccc2)[C@@H](OCc2ccccc2)[C@@H]1OCc1ccccc1. The number of esters is 2. The summed E-state index contributed by atoms with van der Waals surface area (Å²) < 4.78 is 119. The largest absolute Gasteiger partial charge is 0.454 e. The van der Waals surface area contributed by atoms with E-state index >= 15 is 19.2 Å². The van der Waals surface area contributed by atoms with Crippen molar-refractivity contribution in [3.8, 4) is 0 Å². The van der Waals surface area contributed by atoms with Crippen molar-refractivity contribution in [1.82, 2.24) is 9.80 Å². The average molecular weight is 1730 g/mol. The van der Waals surface area contributed by atoms with Crippen LogP contribution in [0.1, 0.15) is 99.8 Å². The van der Waals surface area contributed by atoms with Gasteiger partial charge in [-0.15, -0.1) is 0 Å². The smallest absolute Gasteiger partial charge is 0.303 e. The first-order valence-corrected chi connectivity index (χ1v) is 42.5. The Hall–Kier alpha value is -11.3. The second-order valence-electron chi connectivity index (χ2n) is 31.7. The van der Waals surface area contributed by atoms with Crippen molar-refractivity contribution >= 4 is 35.6 Å². The summed E-state index contributed by atoms with van der Waals surface area (Å²) in [5, 5.41) is 24.6. The minimum absolute atomic E-state index is 0.00531. The van der Waals surface area contributed by atoms with Gasteiger partial charge in [0.1, 0.15) is 85.3 Å². The molecule has 6 aliphatic rings. The summed E-state index contributed by atoms with van der Waals surface area (Å²) in [5.74, 6) is -4.81. The van der Waals surface area contributed by atoms with Crippen LogP contribution in [0.15, 0.2) is 291 Å². The number of benzene rings is 10. The number of hydrogen-bond acceptors (Lipinski definition) is 25. The zero-order valence-electron chi connectivity index (χ0n) is 69.9. The number of carbonyl (C=O) groups excluding carboxylic acids is 6. The van der Waals surface area contributed by atoms with E-state index in [0.717, 1.165) is 44.5 Å². The second kappa shape index (κ2) is 43.0. The first-order chi connectivity index (χ1) is 62.2. The highest BCUT2D eigenvalue weighted by Crippen LogP contribution is 2.44. The Labute approximate surface area is 735 Å². The van der Waals surface area contributed by atoms with Gasteiger partial charge in [0.15, 0.2) is 37.4 Å². The molecule has 16 rings (SSSR count). The number of ether oxygens (including phenoxy) is 17. The van der Waals surface area contributed by atoms with Gasteiger partial charge >= 0.3 is 11.9 Å². The van der Waals surface area contributed by atoms with Crippen molar-refractivity contribution in [3.63, 3.8) is 0 Å². The van der Waals surface area contributed by atoms with E-state index < -0.39 is 171 Å². The van der Waals surface area contributed by atoms with Crippen molar-refractivity contribution in [3.05, 3.63) is 358 Å². The maximum absolute atomic E-state index is 16.1. The predicted molar refractivity (Wildman–Crippen MR) is 455 cm³/mol. The topological polar surface area (TPSA) is 306 Å². The molecule has 4 amide bonds. The fraction of sp³-hybridized carbons (Fsp3) is 0.340. The molecule has 0 saturated carbocycles. The van der Waals surface area contributed by atoms with Gasteiger partial charge in [0.05, 0.1) is 102 Å². The molecule has 0 aliphatic carbocycles. The van der Waals surface area contributed by atoms with Gasteiger partial charge in [-0.25, -0.2) is 0 Å². The maximum atomic E-state index is 16.1. The summed E-state index contributed by atoms with van der Waals surface area (Å²) in [6, 6.07) is 83.4. The number of rotatable bonds is 38. The van der Waals surface area contributed by atoms with Crippen LogP contribution >= 0.6 is 0 Å². The van der Waals surface area contributed by atoms with Gasteiger partial charge in [0.2, 0.25) is 0 Å². The Morgan fingerprint density at radius 2 is 0.535 bits per heavy atom. The summed E-state index contributed by atoms with van der Waals surface area (Å²) >= 11 is 0. The summed E-state index contributed by atoms with van der Waals surface area (Å²) in [7, 11) is 0. The van der Waals surface area contributed by atoms with Gasteiger partial charge in [-0.1, -0.05) is 267 Å². The number of fused-ring (bicyclic) bond motifs is 2. The van der Waals surface area contributed by atoms with Crippen LogP contribution in [-0.4, -0.2) is 205 Å². The highest BCUT2D eigenvalue weighted by molar-refractivity contribution is 6.22. The summed E-state index contributed by atoms with van der Waals surface area (Å²) in [5.41, 5.74) is 5.99. The maximum Gasteiger partial charge on any atom is 0.303 e. The van der Waals surface area contributed by atoms with Crippen molar-refractivity contribution in [2.24, 2.45) is 0 Å². The molecule has 0 bridgehead atoms. The lowest BCUT2D eigenvalue weighted by Crippen LogP contribution is -2.72. The van der Waals surface area contributed by atoms with Crippen molar-refractivity contribution in [1.29, 1.82) is 0 Å². The van der Waals surface area contributed by atoms with Crippen LogP contribution in [0.25, 0.3) is 0 Å². The lowest BCUT2D eigenvalue weighted by Gasteiger charge is -2.53. The molecular weight excluding hydrogens is 1630 g/mol. The Morgan fingerprint density at radius 3 is 0.874 bits per heavy atom. The third-order valence-corrected chi connectivity index (χ3v) is 22.9. The molecule has 10 aromatic rings. The lowest BCUT2D eigenvalue weighted by atomic mass is 9.92. The van der Waals surface area contributed by atoms with E-state index in [4.69, 9.17) is 80.5 Å².